The molecule has 0 spiro atoms. The van der Waals surface area contributed by atoms with Crippen LogP contribution < -0.4 is 11.1 Å². The van der Waals surface area contributed by atoms with Gasteiger partial charge in [-0.15, -0.1) is 11.3 Å². The standard InChI is InChI=1S/C14H16ClN3OS/c1-7-13(20-9(3)17-7)8(2)18-14(19)10-5-4-6-11(16)12(10)15/h4-6,8H,16H2,1-3H3,(H,18,19). The fourth-order valence-corrected chi connectivity index (χ4v) is 3.16. The van der Waals surface area contributed by atoms with Crippen LogP contribution in [0.1, 0.15) is 38.9 Å². The van der Waals surface area contributed by atoms with E-state index in [-0.39, 0.29) is 17.0 Å². The molecule has 1 amide bonds. The van der Waals surface area contributed by atoms with Gasteiger partial charge in [-0.1, -0.05) is 17.7 Å². The highest BCUT2D eigenvalue weighted by Gasteiger charge is 2.18. The van der Waals surface area contributed by atoms with Crippen LogP contribution in [0.3, 0.4) is 0 Å². The number of carbonyl (C=O) groups excluding carboxylic acids is 1. The van der Waals surface area contributed by atoms with Gasteiger partial charge in [0, 0.05) is 4.88 Å². The first-order chi connectivity index (χ1) is 9.40. The van der Waals surface area contributed by atoms with E-state index in [1.807, 2.05) is 20.8 Å². The number of nitrogens with two attached hydrogens (primary N) is 1. The fourth-order valence-electron chi connectivity index (χ4n) is 2.01. The Bertz CT molecular complexity index is 654. The summed E-state index contributed by atoms with van der Waals surface area (Å²) in [5.41, 5.74) is 7.44. The lowest BCUT2D eigenvalue weighted by atomic mass is 10.1. The molecule has 0 aliphatic carbocycles. The molecule has 1 aromatic heterocycles. The van der Waals surface area contributed by atoms with Gasteiger partial charge in [-0.3, -0.25) is 4.79 Å². The molecule has 2 aromatic rings. The summed E-state index contributed by atoms with van der Waals surface area (Å²) in [5.74, 6) is -0.236. The lowest BCUT2D eigenvalue weighted by molar-refractivity contribution is 0.0940. The number of amides is 1. The maximum Gasteiger partial charge on any atom is 0.253 e. The number of nitrogens with zero attached hydrogens (tertiary/aromatic N) is 1. The molecule has 3 N–H and O–H groups in total. The van der Waals surface area contributed by atoms with Crippen LogP contribution in [0.25, 0.3) is 0 Å². The fraction of sp³-hybridized carbons (Fsp3) is 0.286. The Hall–Kier alpha value is -1.59. The molecule has 1 aromatic carbocycles. The third-order valence-corrected chi connectivity index (χ3v) is 4.63. The molecule has 0 saturated heterocycles. The Morgan fingerprint density at radius 3 is 2.75 bits per heavy atom. The first kappa shape index (κ1) is 14.8. The highest BCUT2D eigenvalue weighted by molar-refractivity contribution is 7.11. The van der Waals surface area contributed by atoms with Crippen LogP contribution in [0, 0.1) is 13.8 Å². The minimum absolute atomic E-state index is 0.119. The maximum atomic E-state index is 12.3. The Balaban J connectivity index is 2.19. The van der Waals surface area contributed by atoms with Crippen molar-refractivity contribution in [3.63, 3.8) is 0 Å². The van der Waals surface area contributed by atoms with Crippen molar-refractivity contribution in [2.24, 2.45) is 0 Å². The molecule has 0 aliphatic rings. The first-order valence-corrected chi connectivity index (χ1v) is 7.38. The molecule has 0 fully saturated rings. The molecule has 1 atom stereocenters. The zero-order chi connectivity index (χ0) is 14.9. The Labute approximate surface area is 127 Å². The largest absolute Gasteiger partial charge is 0.398 e. The van der Waals surface area contributed by atoms with E-state index in [1.165, 1.54) is 0 Å². The lowest BCUT2D eigenvalue weighted by Gasteiger charge is -2.14. The van der Waals surface area contributed by atoms with Gasteiger partial charge in [0.05, 0.1) is 33.0 Å². The summed E-state index contributed by atoms with van der Waals surface area (Å²) in [6.45, 7) is 5.82. The van der Waals surface area contributed by atoms with Gasteiger partial charge in [0.2, 0.25) is 0 Å². The molecule has 1 heterocycles. The molecule has 4 nitrogen and oxygen atoms in total. The molecule has 2 rings (SSSR count). The van der Waals surface area contributed by atoms with E-state index < -0.39 is 0 Å². The predicted octanol–water partition coefficient (Wildman–Crippen LogP) is 3.49. The zero-order valence-electron chi connectivity index (χ0n) is 11.5. The van der Waals surface area contributed by atoms with Crippen LogP contribution in [-0.2, 0) is 0 Å². The molecule has 6 heteroatoms. The van der Waals surface area contributed by atoms with Crippen molar-refractivity contribution in [2.45, 2.75) is 26.8 Å². The number of benzene rings is 1. The molecular formula is C14H16ClN3OS. The van der Waals surface area contributed by atoms with E-state index in [0.29, 0.717) is 11.3 Å². The molecule has 106 valence electrons. The van der Waals surface area contributed by atoms with Gasteiger partial charge in [-0.05, 0) is 32.9 Å². The van der Waals surface area contributed by atoms with Gasteiger partial charge in [0.15, 0.2) is 0 Å². The molecule has 0 radical (unpaired) electrons. The average Bonchev–Trinajstić information content (AvgIpc) is 2.71. The van der Waals surface area contributed by atoms with Crippen LogP contribution in [0.2, 0.25) is 5.02 Å². The molecule has 0 saturated carbocycles. The number of nitrogen functional groups attached to an aromatic ring is 1. The summed E-state index contributed by atoms with van der Waals surface area (Å²) in [5, 5.41) is 4.20. The Morgan fingerprint density at radius 1 is 1.45 bits per heavy atom. The van der Waals surface area contributed by atoms with Crippen molar-refractivity contribution in [1.82, 2.24) is 10.3 Å². The van der Waals surface area contributed by atoms with E-state index in [4.69, 9.17) is 17.3 Å². The number of rotatable bonds is 3. The monoisotopic (exact) mass is 309 g/mol. The quantitative estimate of drug-likeness (QED) is 0.853. The highest BCUT2D eigenvalue weighted by Crippen LogP contribution is 2.26. The number of carbonyl (C=O) groups is 1. The van der Waals surface area contributed by atoms with E-state index in [1.54, 1.807) is 29.5 Å². The molecule has 20 heavy (non-hydrogen) atoms. The van der Waals surface area contributed by atoms with Gasteiger partial charge < -0.3 is 11.1 Å². The second kappa shape index (κ2) is 5.81. The van der Waals surface area contributed by atoms with Crippen LogP contribution in [0.5, 0.6) is 0 Å². The van der Waals surface area contributed by atoms with Gasteiger partial charge in [-0.25, -0.2) is 4.98 Å². The smallest absolute Gasteiger partial charge is 0.253 e. The highest BCUT2D eigenvalue weighted by atomic mass is 35.5. The van der Waals surface area contributed by atoms with Crippen LogP contribution in [0.4, 0.5) is 5.69 Å². The normalized spacial score (nSPS) is 12.2. The summed E-state index contributed by atoms with van der Waals surface area (Å²) in [4.78, 5) is 17.7. The van der Waals surface area contributed by atoms with Crippen molar-refractivity contribution >= 4 is 34.5 Å². The number of hydrogen-bond donors (Lipinski definition) is 2. The van der Waals surface area contributed by atoms with Crippen molar-refractivity contribution in [1.29, 1.82) is 0 Å². The molecular weight excluding hydrogens is 294 g/mol. The number of hydrogen-bond acceptors (Lipinski definition) is 4. The average molecular weight is 310 g/mol. The number of halogens is 1. The van der Waals surface area contributed by atoms with E-state index in [9.17, 15) is 4.79 Å². The molecule has 0 bridgehead atoms. The Morgan fingerprint density at radius 2 is 2.15 bits per heavy atom. The first-order valence-electron chi connectivity index (χ1n) is 6.19. The number of nitrogens with one attached hydrogen (secondary N) is 1. The van der Waals surface area contributed by atoms with Gasteiger partial charge >= 0.3 is 0 Å². The van der Waals surface area contributed by atoms with E-state index >= 15 is 0 Å². The predicted molar refractivity (Wildman–Crippen MR) is 83.3 cm³/mol. The minimum atomic E-state index is -0.236. The summed E-state index contributed by atoms with van der Waals surface area (Å²) in [6.07, 6.45) is 0. The van der Waals surface area contributed by atoms with Crippen molar-refractivity contribution in [3.05, 3.63) is 44.4 Å². The number of aryl methyl sites for hydroxylation is 2. The van der Waals surface area contributed by atoms with Crippen LogP contribution in [0.15, 0.2) is 18.2 Å². The number of aromatic nitrogens is 1. The van der Waals surface area contributed by atoms with E-state index in [0.717, 1.165) is 15.6 Å². The molecule has 1 unspecified atom stereocenters. The van der Waals surface area contributed by atoms with Crippen LogP contribution >= 0.6 is 22.9 Å². The third-order valence-electron chi connectivity index (χ3n) is 2.95. The second-order valence-electron chi connectivity index (χ2n) is 4.59. The second-order valence-corrected chi connectivity index (χ2v) is 6.20. The van der Waals surface area contributed by atoms with Gasteiger partial charge in [-0.2, -0.15) is 0 Å². The van der Waals surface area contributed by atoms with Gasteiger partial charge in [0.1, 0.15) is 0 Å². The van der Waals surface area contributed by atoms with E-state index in [2.05, 4.69) is 10.3 Å². The maximum absolute atomic E-state index is 12.3. The minimum Gasteiger partial charge on any atom is -0.398 e. The summed E-state index contributed by atoms with van der Waals surface area (Å²) >= 11 is 7.64. The topological polar surface area (TPSA) is 68.0 Å². The summed E-state index contributed by atoms with van der Waals surface area (Å²) < 4.78 is 0. The lowest BCUT2D eigenvalue weighted by Crippen LogP contribution is -2.27. The zero-order valence-corrected chi connectivity index (χ0v) is 13.1. The number of anilines is 1. The Kier molecular flexibility index (Phi) is 4.30. The summed E-state index contributed by atoms with van der Waals surface area (Å²) in [7, 11) is 0. The van der Waals surface area contributed by atoms with Gasteiger partial charge in [0.25, 0.3) is 5.91 Å². The van der Waals surface area contributed by atoms with Crippen LogP contribution in [-0.4, -0.2) is 10.9 Å². The van der Waals surface area contributed by atoms with Crippen molar-refractivity contribution < 1.29 is 4.79 Å². The summed E-state index contributed by atoms with van der Waals surface area (Å²) in [6, 6.07) is 4.92. The SMILES string of the molecule is Cc1nc(C)c(C(C)NC(=O)c2cccc(N)c2Cl)s1. The van der Waals surface area contributed by atoms with Crippen molar-refractivity contribution in [2.75, 3.05) is 5.73 Å². The molecule has 0 aliphatic heterocycles. The third kappa shape index (κ3) is 2.94. The van der Waals surface area contributed by atoms with Crippen molar-refractivity contribution in [3.8, 4) is 0 Å². The number of thiazole rings is 1.